The molecule has 0 atom stereocenters. The summed E-state index contributed by atoms with van der Waals surface area (Å²) in [5.74, 6) is 1.69. The van der Waals surface area contributed by atoms with E-state index in [1.807, 2.05) is 0 Å². The highest BCUT2D eigenvalue weighted by molar-refractivity contribution is 6.27. The first kappa shape index (κ1) is 37.3. The van der Waals surface area contributed by atoms with E-state index >= 15 is 0 Å². The summed E-state index contributed by atoms with van der Waals surface area (Å²) in [4.78, 5) is 0. The molecule has 0 bridgehead atoms. The van der Waals surface area contributed by atoms with Crippen LogP contribution < -0.4 is 4.74 Å². The van der Waals surface area contributed by atoms with Gasteiger partial charge in [-0.2, -0.15) is 0 Å². The van der Waals surface area contributed by atoms with Crippen LogP contribution in [0, 0.1) is 0 Å². The molecular formula is C66H38O2. The topological polar surface area (TPSA) is 22.4 Å². The number of hydrogen-bond acceptors (Lipinski definition) is 2. The number of ether oxygens (including phenoxy) is 1. The molecular weight excluding hydrogens is 825 g/mol. The van der Waals surface area contributed by atoms with E-state index in [-0.39, 0.29) is 0 Å². The SMILES string of the molecule is c1ccc(-c2c3ccccc3c(-c3ccc4c(c3)Oc3cccc5c3c-4cc3oc4cc(-c6c7ccccc7c(-c7ccc8ccccc8c7)c7ccccc67)ccc4c35)c3ccccc23)cc1. The average molecular weight is 863 g/mol. The number of fused-ring (bicyclic) bond motifs is 11. The lowest BCUT2D eigenvalue weighted by molar-refractivity contribution is 0.487. The molecule has 14 aromatic rings. The van der Waals surface area contributed by atoms with E-state index in [0.29, 0.717) is 0 Å². The standard InChI is InChI=1S/C66H38O2/c1-2-16-40(17-3-1)61-46-19-6-8-21-48(46)63(49-22-9-7-20-47(49)61)43-31-33-45-56-38-60-65(55-27-14-28-57(66(55)56)67-58(45)36-43)54-34-32-44(37-59(54)68-60)64-52-25-12-10-23-50(52)62(51-24-11-13-26-53(51)64)42-30-29-39-15-4-5-18-41(39)35-42/h1-38H. The van der Waals surface area contributed by atoms with E-state index in [4.69, 9.17) is 9.15 Å². The fourth-order valence-electron chi connectivity index (χ4n) is 11.7. The van der Waals surface area contributed by atoms with Gasteiger partial charge in [-0.25, -0.2) is 0 Å². The first-order valence-electron chi connectivity index (χ1n) is 23.4. The van der Waals surface area contributed by atoms with Gasteiger partial charge in [0.05, 0.1) is 0 Å². The van der Waals surface area contributed by atoms with Gasteiger partial charge >= 0.3 is 0 Å². The quantitative estimate of drug-likeness (QED) is 0.165. The third-order valence-electron chi connectivity index (χ3n) is 14.6. The van der Waals surface area contributed by atoms with Gasteiger partial charge in [0.15, 0.2) is 0 Å². The second-order valence-electron chi connectivity index (χ2n) is 18.2. The van der Waals surface area contributed by atoms with Crippen molar-refractivity contribution in [3.63, 3.8) is 0 Å². The Morgan fingerprint density at radius 1 is 0.235 bits per heavy atom. The lowest BCUT2D eigenvalue weighted by Gasteiger charge is -2.23. The minimum absolute atomic E-state index is 0.839. The Labute approximate surface area is 391 Å². The molecule has 0 N–H and O–H groups in total. The summed E-state index contributed by atoms with van der Waals surface area (Å²) < 4.78 is 14.0. The predicted octanol–water partition coefficient (Wildman–Crippen LogP) is 18.9. The maximum absolute atomic E-state index is 7.00. The van der Waals surface area contributed by atoms with Crippen LogP contribution in [0.1, 0.15) is 0 Å². The maximum Gasteiger partial charge on any atom is 0.136 e. The molecule has 13 aromatic carbocycles. The third-order valence-corrected chi connectivity index (χ3v) is 14.6. The number of hydrogen-bond donors (Lipinski definition) is 0. The molecule has 2 heterocycles. The maximum atomic E-state index is 7.00. The lowest BCUT2D eigenvalue weighted by Crippen LogP contribution is -1.98. The number of rotatable bonds is 4. The normalized spacial score (nSPS) is 12.2. The van der Waals surface area contributed by atoms with Crippen LogP contribution in [0.4, 0.5) is 0 Å². The summed E-state index contributed by atoms with van der Waals surface area (Å²) >= 11 is 0. The molecule has 0 amide bonds. The van der Waals surface area contributed by atoms with Gasteiger partial charge in [-0.15, -0.1) is 0 Å². The van der Waals surface area contributed by atoms with Crippen LogP contribution in [0.5, 0.6) is 11.5 Å². The second kappa shape index (κ2) is 14.3. The zero-order valence-corrected chi connectivity index (χ0v) is 36.8. The molecule has 0 spiro atoms. The Morgan fingerprint density at radius 2 is 0.721 bits per heavy atom. The lowest BCUT2D eigenvalue weighted by atomic mass is 9.85. The summed E-state index contributed by atoms with van der Waals surface area (Å²) in [6.07, 6.45) is 0. The van der Waals surface area contributed by atoms with Gasteiger partial charge < -0.3 is 9.15 Å². The van der Waals surface area contributed by atoms with E-state index < -0.39 is 0 Å². The van der Waals surface area contributed by atoms with Crippen LogP contribution in [0.15, 0.2) is 235 Å². The summed E-state index contributed by atoms with van der Waals surface area (Å²) in [6.45, 7) is 0. The van der Waals surface area contributed by atoms with Crippen LogP contribution in [0.25, 0.3) is 142 Å². The summed E-state index contributed by atoms with van der Waals surface area (Å²) in [5, 5.41) is 16.7. The molecule has 2 heteroatoms. The molecule has 0 saturated carbocycles. The van der Waals surface area contributed by atoms with E-state index in [1.54, 1.807) is 0 Å². The van der Waals surface area contributed by atoms with E-state index in [1.165, 1.54) is 87.2 Å². The molecule has 0 radical (unpaired) electrons. The Balaban J connectivity index is 0.901. The van der Waals surface area contributed by atoms with Gasteiger partial charge in [-0.3, -0.25) is 0 Å². The highest BCUT2D eigenvalue weighted by Gasteiger charge is 2.26. The molecule has 0 aliphatic carbocycles. The molecule has 1 aromatic heterocycles. The van der Waals surface area contributed by atoms with Crippen molar-refractivity contribution in [1.29, 1.82) is 0 Å². The minimum atomic E-state index is 0.839. The summed E-state index contributed by atoms with van der Waals surface area (Å²) in [6, 6.07) is 83.8. The molecule has 314 valence electrons. The zero-order chi connectivity index (χ0) is 44.5. The van der Waals surface area contributed by atoms with Gasteiger partial charge in [0.1, 0.15) is 22.7 Å². The molecule has 0 fully saturated rings. The van der Waals surface area contributed by atoms with Crippen molar-refractivity contribution in [2.45, 2.75) is 0 Å². The Morgan fingerprint density at radius 3 is 1.34 bits per heavy atom. The largest absolute Gasteiger partial charge is 0.456 e. The first-order valence-corrected chi connectivity index (χ1v) is 23.4. The Kier molecular flexibility index (Phi) is 7.81. The van der Waals surface area contributed by atoms with Crippen LogP contribution in [-0.4, -0.2) is 0 Å². The van der Waals surface area contributed by atoms with Crippen molar-refractivity contribution in [2.75, 3.05) is 0 Å². The number of benzene rings is 13. The summed E-state index contributed by atoms with van der Waals surface area (Å²) in [7, 11) is 0. The monoisotopic (exact) mass is 862 g/mol. The average Bonchev–Trinajstić information content (AvgIpc) is 3.77. The predicted molar refractivity (Wildman–Crippen MR) is 286 cm³/mol. The molecule has 2 nitrogen and oxygen atoms in total. The molecule has 0 saturated heterocycles. The zero-order valence-electron chi connectivity index (χ0n) is 36.8. The fraction of sp³-hybridized carbons (Fsp3) is 0. The number of furan rings is 1. The smallest absolute Gasteiger partial charge is 0.136 e. The fourth-order valence-corrected chi connectivity index (χ4v) is 11.7. The van der Waals surface area contributed by atoms with Crippen LogP contribution >= 0.6 is 0 Å². The second-order valence-corrected chi connectivity index (χ2v) is 18.2. The van der Waals surface area contributed by atoms with Gasteiger partial charge in [-0.1, -0.05) is 188 Å². The Bertz CT molecular complexity index is 4350. The first-order chi connectivity index (χ1) is 33.7. The van der Waals surface area contributed by atoms with Gasteiger partial charge in [-0.05, 0) is 146 Å². The van der Waals surface area contributed by atoms with Crippen molar-refractivity contribution in [1.82, 2.24) is 0 Å². The van der Waals surface area contributed by atoms with E-state index in [0.717, 1.165) is 66.5 Å². The highest BCUT2D eigenvalue weighted by atomic mass is 16.5. The van der Waals surface area contributed by atoms with Crippen LogP contribution in [0.2, 0.25) is 0 Å². The summed E-state index contributed by atoms with van der Waals surface area (Å²) in [5.41, 5.74) is 13.5. The van der Waals surface area contributed by atoms with Crippen molar-refractivity contribution in [3.8, 4) is 67.1 Å². The van der Waals surface area contributed by atoms with Crippen molar-refractivity contribution < 1.29 is 9.15 Å². The minimum Gasteiger partial charge on any atom is -0.456 e. The Hall–Kier alpha value is -8.98. The molecule has 0 unspecified atom stereocenters. The van der Waals surface area contributed by atoms with Crippen molar-refractivity contribution >= 4 is 86.6 Å². The third kappa shape index (κ3) is 5.34. The van der Waals surface area contributed by atoms with Crippen molar-refractivity contribution in [2.24, 2.45) is 0 Å². The van der Waals surface area contributed by atoms with E-state index in [9.17, 15) is 0 Å². The molecule has 1 aliphatic heterocycles. The van der Waals surface area contributed by atoms with Gasteiger partial charge in [0, 0.05) is 27.3 Å². The molecule has 68 heavy (non-hydrogen) atoms. The van der Waals surface area contributed by atoms with E-state index in [2.05, 4.69) is 231 Å². The van der Waals surface area contributed by atoms with Gasteiger partial charge in [0.2, 0.25) is 0 Å². The van der Waals surface area contributed by atoms with Crippen LogP contribution in [0.3, 0.4) is 0 Å². The van der Waals surface area contributed by atoms with Gasteiger partial charge in [0.25, 0.3) is 0 Å². The molecule has 1 aliphatic rings. The molecule has 15 rings (SSSR count). The highest BCUT2D eigenvalue weighted by Crippen LogP contribution is 2.53. The van der Waals surface area contributed by atoms with Crippen LogP contribution in [-0.2, 0) is 0 Å². The van der Waals surface area contributed by atoms with Crippen molar-refractivity contribution in [3.05, 3.63) is 231 Å².